The van der Waals surface area contributed by atoms with Gasteiger partial charge in [0, 0.05) is 54.1 Å². The molecular formula is C30H41N3O12. The summed E-state index contributed by atoms with van der Waals surface area (Å²) in [5.74, 6) is 1.30. The molecule has 0 radical (unpaired) electrons. The fourth-order valence-electron chi connectivity index (χ4n) is 6.24. The molecule has 2 fully saturated rings. The standard InChI is InChI=1S/C18H19N3O.C12H22O11/c1-12-19-9-10-21(12)11-13-7-8-16-17(18(13)22)14-5-3-4-6-15(14)20(16)2;13-1-3-5(15)6(16)9(19)12(22-3)23-10-4(2-14)21-11(20)8(18)7(10)17/h3-6,9-10,13H,7-8,11H2,1-2H3;3-20H,1-2H2/t;3-,4-,5+,6+,7-,8-,9-,10-,11-,12+/m.1/s1. The Morgan fingerprint density at radius 3 is 2.31 bits per heavy atom. The highest BCUT2D eigenvalue weighted by Crippen LogP contribution is 2.34. The van der Waals surface area contributed by atoms with E-state index in [2.05, 4.69) is 33.3 Å². The highest BCUT2D eigenvalue weighted by molar-refractivity contribution is 6.11. The van der Waals surface area contributed by atoms with Gasteiger partial charge in [0.2, 0.25) is 0 Å². The van der Waals surface area contributed by atoms with Crippen LogP contribution >= 0.6 is 0 Å². The van der Waals surface area contributed by atoms with E-state index < -0.39 is 74.6 Å². The summed E-state index contributed by atoms with van der Waals surface area (Å²) in [5.41, 5.74) is 3.28. The molecule has 6 rings (SSSR count). The lowest BCUT2D eigenvalue weighted by molar-refractivity contribution is -0.355. The van der Waals surface area contributed by atoms with Crippen molar-refractivity contribution in [3.8, 4) is 0 Å². The Bertz CT molecular complexity index is 1460. The number of ketones is 1. The molecule has 1 aliphatic carbocycles. The SMILES string of the molecule is Cc1nccn1CC1CCc2c(c3ccccc3n2C)C1=O.OC[C@H]1O[C@@H](O[C@H]2[C@H](O)[C@@H](O)[C@H](O)O[C@@H]2CO)[C@H](O)[C@@H](O)[C@H]1O. The Kier molecular flexibility index (Phi) is 10.4. The number of nitrogens with zero attached hydrogens (tertiary/aromatic N) is 3. The van der Waals surface area contributed by atoms with Crippen LogP contribution in [-0.2, 0) is 34.2 Å². The van der Waals surface area contributed by atoms with Crippen molar-refractivity contribution in [3.05, 3.63) is 53.7 Å². The van der Waals surface area contributed by atoms with Crippen molar-refractivity contribution >= 4 is 16.7 Å². The Morgan fingerprint density at radius 2 is 1.64 bits per heavy atom. The van der Waals surface area contributed by atoms with Crippen LogP contribution in [0.2, 0.25) is 0 Å². The largest absolute Gasteiger partial charge is 0.394 e. The minimum Gasteiger partial charge on any atom is -0.394 e. The van der Waals surface area contributed by atoms with E-state index in [1.807, 2.05) is 25.3 Å². The second-order valence-corrected chi connectivity index (χ2v) is 11.7. The van der Waals surface area contributed by atoms with E-state index in [0.717, 1.165) is 41.7 Å². The first-order chi connectivity index (χ1) is 21.5. The van der Waals surface area contributed by atoms with Gasteiger partial charge in [-0.2, -0.15) is 0 Å². The van der Waals surface area contributed by atoms with Gasteiger partial charge in [0.25, 0.3) is 0 Å². The number of aliphatic hydroxyl groups excluding tert-OH is 8. The normalized spacial score (nSPS) is 35.2. The van der Waals surface area contributed by atoms with Gasteiger partial charge in [0.15, 0.2) is 18.4 Å². The van der Waals surface area contributed by atoms with Crippen LogP contribution in [0.25, 0.3) is 10.9 Å². The van der Waals surface area contributed by atoms with Crippen molar-refractivity contribution in [2.24, 2.45) is 13.0 Å². The highest BCUT2D eigenvalue weighted by Gasteiger charge is 2.50. The van der Waals surface area contributed by atoms with Gasteiger partial charge in [0.1, 0.15) is 54.7 Å². The van der Waals surface area contributed by atoms with Crippen LogP contribution in [0.4, 0.5) is 0 Å². The zero-order valence-corrected chi connectivity index (χ0v) is 24.9. The molecule has 8 N–H and O–H groups in total. The third-order valence-corrected chi connectivity index (χ3v) is 8.89. The molecule has 248 valence electrons. The van der Waals surface area contributed by atoms with Gasteiger partial charge in [-0.1, -0.05) is 18.2 Å². The molecule has 0 saturated carbocycles. The number of ether oxygens (including phenoxy) is 3. The lowest BCUT2D eigenvalue weighted by Gasteiger charge is -2.45. The van der Waals surface area contributed by atoms with Crippen LogP contribution in [0, 0.1) is 12.8 Å². The maximum absolute atomic E-state index is 13.0. The van der Waals surface area contributed by atoms with Crippen LogP contribution in [0.3, 0.4) is 0 Å². The van der Waals surface area contributed by atoms with Crippen LogP contribution in [-0.4, -0.2) is 135 Å². The van der Waals surface area contributed by atoms with Crippen molar-refractivity contribution in [2.45, 2.75) is 87.7 Å². The summed E-state index contributed by atoms with van der Waals surface area (Å²) in [4.78, 5) is 17.3. The highest BCUT2D eigenvalue weighted by atomic mass is 16.7. The van der Waals surface area contributed by atoms with Crippen molar-refractivity contribution in [1.29, 1.82) is 0 Å². The van der Waals surface area contributed by atoms with Crippen LogP contribution in [0.15, 0.2) is 36.7 Å². The van der Waals surface area contributed by atoms with Crippen molar-refractivity contribution in [3.63, 3.8) is 0 Å². The fraction of sp³-hybridized carbons (Fsp3) is 0.600. The maximum Gasteiger partial charge on any atom is 0.187 e. The van der Waals surface area contributed by atoms with E-state index in [-0.39, 0.29) is 11.7 Å². The van der Waals surface area contributed by atoms with Gasteiger partial charge < -0.3 is 64.2 Å². The molecule has 2 aromatic heterocycles. The average molecular weight is 636 g/mol. The zero-order valence-electron chi connectivity index (χ0n) is 24.9. The number of fused-ring (bicyclic) bond motifs is 3. The Morgan fingerprint density at radius 1 is 0.933 bits per heavy atom. The zero-order chi connectivity index (χ0) is 32.6. The van der Waals surface area contributed by atoms with E-state index in [0.29, 0.717) is 0 Å². The molecule has 4 heterocycles. The summed E-state index contributed by atoms with van der Waals surface area (Å²) in [5, 5.41) is 77.6. The number of aromatic nitrogens is 3. The number of carbonyl (C=O) groups is 1. The molecule has 1 aromatic carbocycles. The van der Waals surface area contributed by atoms with Crippen LogP contribution < -0.4 is 0 Å². The molecular weight excluding hydrogens is 594 g/mol. The molecule has 3 aromatic rings. The predicted octanol–water partition coefficient (Wildman–Crippen LogP) is -2.27. The first-order valence-corrected chi connectivity index (χ1v) is 14.8. The van der Waals surface area contributed by atoms with Gasteiger partial charge in [0.05, 0.1) is 13.2 Å². The molecule has 11 atom stereocenters. The number of para-hydroxylation sites is 1. The smallest absolute Gasteiger partial charge is 0.187 e. The molecule has 45 heavy (non-hydrogen) atoms. The summed E-state index contributed by atoms with van der Waals surface area (Å²) in [6.07, 6.45) is -9.94. The first-order valence-electron chi connectivity index (χ1n) is 14.8. The molecule has 1 unspecified atom stereocenters. The molecule has 0 spiro atoms. The van der Waals surface area contributed by atoms with Crippen LogP contribution in [0.5, 0.6) is 0 Å². The van der Waals surface area contributed by atoms with Gasteiger partial charge in [-0.05, 0) is 25.8 Å². The molecule has 0 bridgehead atoms. The van der Waals surface area contributed by atoms with Gasteiger partial charge in [-0.3, -0.25) is 4.79 Å². The molecule has 0 amide bonds. The number of hydrogen-bond acceptors (Lipinski definition) is 13. The second kappa shape index (κ2) is 13.9. The van der Waals surface area contributed by atoms with E-state index in [1.54, 1.807) is 6.20 Å². The lowest BCUT2D eigenvalue weighted by Crippen LogP contribution is -2.64. The van der Waals surface area contributed by atoms with Crippen molar-refractivity contribution < 1.29 is 59.9 Å². The van der Waals surface area contributed by atoms with Gasteiger partial charge in [-0.25, -0.2) is 4.98 Å². The number of Topliss-reactive ketones (excluding diaryl/α,β-unsaturated/α-hetero) is 1. The number of imidazole rings is 1. The molecule has 3 aliphatic rings. The number of benzene rings is 1. The summed E-state index contributed by atoms with van der Waals surface area (Å²) >= 11 is 0. The Labute approximate surface area is 258 Å². The maximum atomic E-state index is 13.0. The quantitative estimate of drug-likeness (QED) is 0.143. The summed E-state index contributed by atoms with van der Waals surface area (Å²) < 4.78 is 19.5. The minimum atomic E-state index is -1.74. The van der Waals surface area contributed by atoms with Gasteiger partial charge >= 0.3 is 0 Å². The van der Waals surface area contributed by atoms with E-state index in [9.17, 15) is 40.5 Å². The number of aryl methyl sites for hydroxylation is 2. The number of hydrogen-bond donors (Lipinski definition) is 8. The summed E-state index contributed by atoms with van der Waals surface area (Å²) in [6.45, 7) is 1.37. The third-order valence-electron chi connectivity index (χ3n) is 8.89. The number of carbonyl (C=O) groups excluding carboxylic acids is 1. The monoisotopic (exact) mass is 635 g/mol. The summed E-state index contributed by atoms with van der Waals surface area (Å²) in [7, 11) is 2.06. The molecule has 2 aliphatic heterocycles. The first kappa shape index (κ1) is 33.6. The number of rotatable bonds is 6. The lowest BCUT2D eigenvalue weighted by atomic mass is 9.85. The van der Waals surface area contributed by atoms with Gasteiger partial charge in [-0.15, -0.1) is 0 Å². The Hall–Kier alpha value is -2.80. The number of aliphatic hydroxyl groups is 8. The topological polar surface area (TPSA) is 229 Å². The van der Waals surface area contributed by atoms with E-state index >= 15 is 0 Å². The van der Waals surface area contributed by atoms with Crippen molar-refractivity contribution in [1.82, 2.24) is 14.1 Å². The fourth-order valence-corrected chi connectivity index (χ4v) is 6.24. The molecule has 2 saturated heterocycles. The molecule has 15 nitrogen and oxygen atoms in total. The van der Waals surface area contributed by atoms with Crippen molar-refractivity contribution in [2.75, 3.05) is 13.2 Å². The molecule has 15 heteroatoms. The Balaban J connectivity index is 0.000000178. The second-order valence-electron chi connectivity index (χ2n) is 11.7. The average Bonchev–Trinajstić information content (AvgIpc) is 3.58. The van der Waals surface area contributed by atoms with E-state index in [4.69, 9.17) is 19.3 Å². The predicted molar refractivity (Wildman–Crippen MR) is 155 cm³/mol. The van der Waals surface area contributed by atoms with E-state index in [1.165, 1.54) is 5.69 Å². The van der Waals surface area contributed by atoms with Crippen LogP contribution in [0.1, 0.15) is 28.3 Å². The summed E-state index contributed by atoms with van der Waals surface area (Å²) in [6, 6.07) is 8.21. The minimum absolute atomic E-state index is 0.0474. The third kappa shape index (κ3) is 6.43.